The van der Waals surface area contributed by atoms with Crippen molar-refractivity contribution >= 4 is 17.5 Å². The third-order valence-corrected chi connectivity index (χ3v) is 5.34. The molecule has 1 aromatic heterocycles. The fraction of sp³-hybridized carbons (Fsp3) is 0.429. The first-order valence-electron chi connectivity index (χ1n) is 9.69. The van der Waals surface area contributed by atoms with E-state index >= 15 is 0 Å². The average Bonchev–Trinajstić information content (AvgIpc) is 3.43. The second kappa shape index (κ2) is 7.67. The van der Waals surface area contributed by atoms with Crippen LogP contribution in [-0.2, 0) is 9.59 Å². The summed E-state index contributed by atoms with van der Waals surface area (Å²) < 4.78 is 11.1. The highest BCUT2D eigenvalue weighted by Gasteiger charge is 2.36. The maximum absolute atomic E-state index is 12.9. The lowest BCUT2D eigenvalue weighted by molar-refractivity contribution is -0.132. The number of furan rings is 1. The number of likely N-dealkylation sites (tertiary alicyclic amines) is 1. The van der Waals surface area contributed by atoms with Gasteiger partial charge in [-0.05, 0) is 49.1 Å². The number of aliphatic hydroxyl groups excluding tert-OH is 1. The summed E-state index contributed by atoms with van der Waals surface area (Å²) in [5.74, 6) is 0.655. The predicted octanol–water partition coefficient (Wildman–Crippen LogP) is 2.49. The number of fused-ring (bicyclic) bond motifs is 1. The molecule has 0 saturated carbocycles. The molecular formula is C21H24N2O5. The molecule has 28 heavy (non-hydrogen) atoms. The summed E-state index contributed by atoms with van der Waals surface area (Å²) in [5.41, 5.74) is 1.07. The molecule has 148 valence electrons. The van der Waals surface area contributed by atoms with Gasteiger partial charge in [0.25, 0.3) is 5.91 Å². The van der Waals surface area contributed by atoms with Crippen LogP contribution in [0.4, 0.5) is 5.69 Å². The van der Waals surface area contributed by atoms with E-state index in [1.165, 1.54) is 11.2 Å². The Morgan fingerprint density at radius 1 is 1.29 bits per heavy atom. The second-order valence-corrected chi connectivity index (χ2v) is 7.17. The molecule has 2 amide bonds. The van der Waals surface area contributed by atoms with Crippen LogP contribution in [0.15, 0.2) is 41.0 Å². The summed E-state index contributed by atoms with van der Waals surface area (Å²) in [6.45, 7) is 3.33. The van der Waals surface area contributed by atoms with Gasteiger partial charge in [0.05, 0.1) is 12.0 Å². The van der Waals surface area contributed by atoms with Gasteiger partial charge in [-0.2, -0.15) is 0 Å². The quantitative estimate of drug-likeness (QED) is 0.856. The van der Waals surface area contributed by atoms with Crippen molar-refractivity contribution in [1.29, 1.82) is 0 Å². The molecule has 1 N–H and O–H groups in total. The van der Waals surface area contributed by atoms with Crippen molar-refractivity contribution in [2.24, 2.45) is 0 Å². The fourth-order valence-electron chi connectivity index (χ4n) is 3.75. The van der Waals surface area contributed by atoms with Crippen molar-refractivity contribution < 1.29 is 23.8 Å². The van der Waals surface area contributed by atoms with Crippen LogP contribution in [0.2, 0.25) is 0 Å². The summed E-state index contributed by atoms with van der Waals surface area (Å²) in [6.07, 6.45) is 2.43. The molecule has 2 aliphatic rings. The second-order valence-electron chi connectivity index (χ2n) is 7.17. The standard InChI is InChI=1S/C21H24N2O5/c1-2-16-21(26)23(13-19(24)22-9-3-4-10-22)15-12-14(7-8-17(15)28-16)20(25)18-6-5-11-27-18/h5-8,11-12,16,20,25H,2-4,9-10,13H2,1H3. The monoisotopic (exact) mass is 384 g/mol. The Balaban J connectivity index is 1.66. The number of hydrogen-bond donors (Lipinski definition) is 1. The van der Waals surface area contributed by atoms with E-state index in [2.05, 4.69) is 0 Å². The van der Waals surface area contributed by atoms with Gasteiger partial charge < -0.3 is 19.2 Å². The Labute approximate surface area is 163 Å². The fourth-order valence-corrected chi connectivity index (χ4v) is 3.75. The van der Waals surface area contributed by atoms with Crippen molar-refractivity contribution in [2.45, 2.75) is 38.4 Å². The number of amides is 2. The van der Waals surface area contributed by atoms with Crippen molar-refractivity contribution in [3.63, 3.8) is 0 Å². The molecule has 1 aromatic carbocycles. The highest BCUT2D eigenvalue weighted by atomic mass is 16.5. The van der Waals surface area contributed by atoms with Crippen molar-refractivity contribution in [3.05, 3.63) is 47.9 Å². The molecule has 1 fully saturated rings. The number of anilines is 1. The Morgan fingerprint density at radius 2 is 2.07 bits per heavy atom. The lowest BCUT2D eigenvalue weighted by Crippen LogP contribution is -2.50. The zero-order valence-corrected chi connectivity index (χ0v) is 15.8. The first-order chi connectivity index (χ1) is 13.6. The van der Waals surface area contributed by atoms with Gasteiger partial charge in [0.2, 0.25) is 5.91 Å². The number of rotatable bonds is 5. The third-order valence-electron chi connectivity index (χ3n) is 5.34. The Morgan fingerprint density at radius 3 is 2.75 bits per heavy atom. The predicted molar refractivity (Wildman–Crippen MR) is 102 cm³/mol. The molecule has 3 heterocycles. The number of carbonyl (C=O) groups excluding carboxylic acids is 2. The van der Waals surface area contributed by atoms with E-state index in [9.17, 15) is 14.7 Å². The highest BCUT2D eigenvalue weighted by Crippen LogP contribution is 2.38. The number of aliphatic hydroxyl groups is 1. The van der Waals surface area contributed by atoms with E-state index in [1.54, 1.807) is 35.2 Å². The van der Waals surface area contributed by atoms with Crippen molar-refractivity contribution in [1.82, 2.24) is 4.90 Å². The number of hydrogen-bond acceptors (Lipinski definition) is 5. The molecule has 2 atom stereocenters. The molecule has 1 saturated heterocycles. The van der Waals surface area contributed by atoms with Crippen molar-refractivity contribution in [3.8, 4) is 5.75 Å². The molecule has 2 unspecified atom stereocenters. The molecule has 0 bridgehead atoms. The van der Waals surface area contributed by atoms with Gasteiger partial charge in [0.1, 0.15) is 24.2 Å². The van der Waals surface area contributed by atoms with Gasteiger partial charge in [-0.25, -0.2) is 0 Å². The highest BCUT2D eigenvalue weighted by molar-refractivity contribution is 6.04. The van der Waals surface area contributed by atoms with Crippen LogP contribution in [0, 0.1) is 0 Å². The molecule has 4 rings (SSSR count). The lowest BCUT2D eigenvalue weighted by Gasteiger charge is -2.35. The molecule has 7 nitrogen and oxygen atoms in total. The first kappa shape index (κ1) is 18.6. The Kier molecular flexibility index (Phi) is 5.09. The van der Waals surface area contributed by atoms with E-state index in [4.69, 9.17) is 9.15 Å². The molecule has 0 radical (unpaired) electrons. The molecule has 0 spiro atoms. The maximum Gasteiger partial charge on any atom is 0.268 e. The Hall–Kier alpha value is -2.80. The van der Waals surface area contributed by atoms with E-state index in [0.29, 0.717) is 29.2 Å². The zero-order valence-electron chi connectivity index (χ0n) is 15.8. The molecule has 2 aliphatic heterocycles. The summed E-state index contributed by atoms with van der Waals surface area (Å²) in [7, 11) is 0. The van der Waals surface area contributed by atoms with E-state index in [-0.39, 0.29) is 18.4 Å². The van der Waals surface area contributed by atoms with Crippen LogP contribution < -0.4 is 9.64 Å². The smallest absolute Gasteiger partial charge is 0.268 e. The largest absolute Gasteiger partial charge is 0.478 e. The molecule has 2 aromatic rings. The maximum atomic E-state index is 12.9. The lowest BCUT2D eigenvalue weighted by atomic mass is 10.0. The van der Waals surface area contributed by atoms with Crippen LogP contribution in [0.5, 0.6) is 5.75 Å². The van der Waals surface area contributed by atoms with Crippen LogP contribution in [0.3, 0.4) is 0 Å². The topological polar surface area (TPSA) is 83.2 Å². The van der Waals surface area contributed by atoms with E-state index in [1.807, 2.05) is 6.92 Å². The van der Waals surface area contributed by atoms with Gasteiger partial charge in [-0.1, -0.05) is 13.0 Å². The van der Waals surface area contributed by atoms with E-state index in [0.717, 1.165) is 25.9 Å². The minimum Gasteiger partial charge on any atom is -0.478 e. The number of benzene rings is 1. The molecule has 0 aliphatic carbocycles. The molecular weight excluding hydrogens is 360 g/mol. The van der Waals surface area contributed by atoms with Crippen LogP contribution in [-0.4, -0.2) is 47.6 Å². The summed E-state index contributed by atoms with van der Waals surface area (Å²) >= 11 is 0. The summed E-state index contributed by atoms with van der Waals surface area (Å²) in [6, 6.07) is 8.57. The van der Waals surface area contributed by atoms with E-state index < -0.39 is 12.2 Å². The van der Waals surface area contributed by atoms with Crippen LogP contribution >= 0.6 is 0 Å². The number of carbonyl (C=O) groups is 2. The molecule has 7 heteroatoms. The van der Waals surface area contributed by atoms with Gasteiger partial charge in [-0.15, -0.1) is 0 Å². The minimum absolute atomic E-state index is 0.0218. The summed E-state index contributed by atoms with van der Waals surface area (Å²) in [4.78, 5) is 28.9. The van der Waals surface area contributed by atoms with Crippen LogP contribution in [0.25, 0.3) is 0 Å². The van der Waals surface area contributed by atoms with Gasteiger partial charge >= 0.3 is 0 Å². The Bertz CT molecular complexity index is 858. The summed E-state index contributed by atoms with van der Waals surface area (Å²) in [5, 5.41) is 10.6. The van der Waals surface area contributed by atoms with Gasteiger partial charge in [-0.3, -0.25) is 14.5 Å². The third kappa shape index (κ3) is 3.38. The first-order valence-corrected chi connectivity index (χ1v) is 9.69. The normalized spacial score (nSPS) is 20.1. The zero-order chi connectivity index (χ0) is 19.7. The number of nitrogens with zero attached hydrogens (tertiary/aromatic N) is 2. The SMILES string of the molecule is CCC1Oc2ccc(C(O)c3ccco3)cc2N(CC(=O)N2CCCC2)C1=O. The van der Waals surface area contributed by atoms with Crippen molar-refractivity contribution in [2.75, 3.05) is 24.5 Å². The minimum atomic E-state index is -0.963. The van der Waals surface area contributed by atoms with Crippen LogP contribution in [0.1, 0.15) is 43.6 Å². The number of ether oxygens (including phenoxy) is 1. The average molecular weight is 384 g/mol. The van der Waals surface area contributed by atoms with Gasteiger partial charge in [0, 0.05) is 13.1 Å². The van der Waals surface area contributed by atoms with Gasteiger partial charge in [0.15, 0.2) is 6.10 Å².